The van der Waals surface area contributed by atoms with E-state index in [4.69, 9.17) is 0 Å². The standard InChI is InChI=1S/C15H22N4O3/c1-15(2)11(12(15)14(21)22)13(20)18-5-3-10(4-6-18)7-19-9-16-8-17-19/h8-12H,3-7H2,1-2H3,(H,21,22)/t11-,12+/m1/s1. The Balaban J connectivity index is 1.53. The van der Waals surface area contributed by atoms with Crippen molar-refractivity contribution >= 4 is 11.9 Å². The predicted molar refractivity (Wildman–Crippen MR) is 77.7 cm³/mol. The molecule has 7 heteroatoms. The number of carbonyl (C=O) groups excluding carboxylic acids is 1. The lowest BCUT2D eigenvalue weighted by molar-refractivity contribution is -0.142. The quantitative estimate of drug-likeness (QED) is 0.892. The van der Waals surface area contributed by atoms with E-state index in [1.54, 1.807) is 6.33 Å². The van der Waals surface area contributed by atoms with Gasteiger partial charge in [-0.2, -0.15) is 5.10 Å². The minimum absolute atomic E-state index is 0.0107. The minimum atomic E-state index is -0.857. The van der Waals surface area contributed by atoms with Crippen molar-refractivity contribution in [3.63, 3.8) is 0 Å². The first kappa shape index (κ1) is 15.0. The van der Waals surface area contributed by atoms with Crippen molar-refractivity contribution in [1.29, 1.82) is 0 Å². The van der Waals surface area contributed by atoms with Crippen molar-refractivity contribution in [2.45, 2.75) is 33.2 Å². The van der Waals surface area contributed by atoms with Crippen molar-refractivity contribution in [3.8, 4) is 0 Å². The Bertz CT molecular complexity index is 561. The van der Waals surface area contributed by atoms with Crippen molar-refractivity contribution in [1.82, 2.24) is 19.7 Å². The largest absolute Gasteiger partial charge is 0.481 e. The predicted octanol–water partition coefficient (Wildman–Crippen LogP) is 0.873. The second kappa shape index (κ2) is 5.37. The zero-order chi connectivity index (χ0) is 15.9. The van der Waals surface area contributed by atoms with Gasteiger partial charge in [0.15, 0.2) is 0 Å². The molecule has 3 rings (SSSR count). The summed E-state index contributed by atoms with van der Waals surface area (Å²) in [5.41, 5.74) is -0.416. The monoisotopic (exact) mass is 306 g/mol. The van der Waals surface area contributed by atoms with Gasteiger partial charge in [-0.05, 0) is 24.2 Å². The van der Waals surface area contributed by atoms with Gasteiger partial charge in [-0.3, -0.25) is 14.3 Å². The molecule has 22 heavy (non-hydrogen) atoms. The van der Waals surface area contributed by atoms with Crippen LogP contribution in [0.1, 0.15) is 26.7 Å². The maximum absolute atomic E-state index is 12.5. The van der Waals surface area contributed by atoms with Crippen LogP contribution in [0.2, 0.25) is 0 Å². The number of carboxylic acid groups (broad SMARTS) is 1. The zero-order valence-corrected chi connectivity index (χ0v) is 13.0. The smallest absolute Gasteiger partial charge is 0.307 e. The summed E-state index contributed by atoms with van der Waals surface area (Å²) in [6.07, 6.45) is 5.09. The first-order valence-electron chi connectivity index (χ1n) is 7.75. The highest BCUT2D eigenvalue weighted by molar-refractivity contribution is 5.91. The number of amides is 1. The number of hydrogen-bond donors (Lipinski definition) is 1. The number of aliphatic carboxylic acids is 1. The number of aromatic nitrogens is 3. The molecule has 1 saturated carbocycles. The Labute approximate surface area is 129 Å². The Morgan fingerprint density at radius 1 is 1.27 bits per heavy atom. The third kappa shape index (κ3) is 2.60. The first-order valence-corrected chi connectivity index (χ1v) is 7.75. The van der Waals surface area contributed by atoms with E-state index in [1.807, 2.05) is 23.4 Å². The Morgan fingerprint density at radius 3 is 2.45 bits per heavy atom. The van der Waals surface area contributed by atoms with E-state index < -0.39 is 17.3 Å². The highest BCUT2D eigenvalue weighted by atomic mass is 16.4. The molecule has 1 aliphatic heterocycles. The molecular weight excluding hydrogens is 284 g/mol. The van der Waals surface area contributed by atoms with Crippen LogP contribution in [-0.4, -0.2) is 49.7 Å². The summed E-state index contributed by atoms with van der Waals surface area (Å²) in [7, 11) is 0. The summed E-state index contributed by atoms with van der Waals surface area (Å²) in [6.45, 7) is 5.97. The summed E-state index contributed by atoms with van der Waals surface area (Å²) >= 11 is 0. The van der Waals surface area contributed by atoms with Crippen LogP contribution in [0, 0.1) is 23.2 Å². The van der Waals surface area contributed by atoms with E-state index in [0.717, 1.165) is 19.4 Å². The van der Waals surface area contributed by atoms with Gasteiger partial charge in [-0.15, -0.1) is 0 Å². The van der Waals surface area contributed by atoms with Gasteiger partial charge in [0.1, 0.15) is 12.7 Å². The molecule has 1 N–H and O–H groups in total. The van der Waals surface area contributed by atoms with E-state index in [1.165, 1.54) is 6.33 Å². The third-order valence-corrected chi connectivity index (χ3v) is 5.20. The molecule has 0 aromatic carbocycles. The maximum atomic E-state index is 12.5. The number of rotatable bonds is 4. The molecular formula is C15H22N4O3. The van der Waals surface area contributed by atoms with Gasteiger partial charge in [-0.1, -0.05) is 13.8 Å². The average molecular weight is 306 g/mol. The minimum Gasteiger partial charge on any atom is -0.481 e. The fourth-order valence-corrected chi connectivity index (χ4v) is 3.68. The lowest BCUT2D eigenvalue weighted by atomic mass is 9.96. The molecule has 2 atom stereocenters. The molecule has 7 nitrogen and oxygen atoms in total. The van der Waals surface area contributed by atoms with E-state index in [-0.39, 0.29) is 11.8 Å². The number of carbonyl (C=O) groups is 2. The van der Waals surface area contributed by atoms with Crippen molar-refractivity contribution in [2.24, 2.45) is 23.2 Å². The number of likely N-dealkylation sites (tertiary alicyclic amines) is 1. The lowest BCUT2D eigenvalue weighted by Crippen LogP contribution is -2.41. The molecule has 0 spiro atoms. The SMILES string of the molecule is CC1(C)[C@H](C(=O)O)[C@@H]1C(=O)N1CCC(Cn2cncn2)CC1. The third-order valence-electron chi connectivity index (χ3n) is 5.20. The topological polar surface area (TPSA) is 88.3 Å². The Hall–Kier alpha value is -1.92. The molecule has 120 valence electrons. The molecule has 2 heterocycles. The molecule has 2 aliphatic rings. The van der Waals surface area contributed by atoms with Gasteiger partial charge in [0.25, 0.3) is 0 Å². The van der Waals surface area contributed by atoms with Crippen molar-refractivity contribution in [2.75, 3.05) is 13.1 Å². The summed E-state index contributed by atoms with van der Waals surface area (Å²) in [4.78, 5) is 29.5. The molecule has 1 aromatic rings. The summed E-state index contributed by atoms with van der Waals surface area (Å²) < 4.78 is 1.83. The molecule has 1 saturated heterocycles. The maximum Gasteiger partial charge on any atom is 0.307 e. The summed E-state index contributed by atoms with van der Waals surface area (Å²) in [6, 6.07) is 0. The average Bonchev–Trinajstić information content (AvgIpc) is 2.83. The van der Waals surface area contributed by atoms with Gasteiger partial charge >= 0.3 is 5.97 Å². The fourth-order valence-electron chi connectivity index (χ4n) is 3.68. The summed E-state index contributed by atoms with van der Waals surface area (Å²) in [5.74, 6) is -1.25. The molecule has 0 bridgehead atoms. The van der Waals surface area contributed by atoms with Crippen LogP contribution in [0.3, 0.4) is 0 Å². The molecule has 0 unspecified atom stereocenters. The van der Waals surface area contributed by atoms with E-state index in [2.05, 4.69) is 10.1 Å². The first-order chi connectivity index (χ1) is 10.4. The normalized spacial score (nSPS) is 27.6. The molecule has 1 amide bonds. The Kier molecular flexibility index (Phi) is 3.66. The molecule has 1 aromatic heterocycles. The molecule has 0 radical (unpaired) electrons. The highest BCUT2D eigenvalue weighted by Gasteiger charge is 2.66. The fraction of sp³-hybridized carbons (Fsp3) is 0.733. The van der Waals surface area contributed by atoms with Gasteiger partial charge in [0.05, 0.1) is 11.8 Å². The van der Waals surface area contributed by atoms with Crippen LogP contribution in [0.25, 0.3) is 0 Å². The molecule has 2 fully saturated rings. The second-order valence-corrected chi connectivity index (χ2v) is 7.00. The number of carboxylic acids is 1. The van der Waals surface area contributed by atoms with Crippen LogP contribution < -0.4 is 0 Å². The lowest BCUT2D eigenvalue weighted by Gasteiger charge is -2.32. The van der Waals surface area contributed by atoms with E-state index >= 15 is 0 Å². The number of piperidine rings is 1. The molecule has 1 aliphatic carbocycles. The van der Waals surface area contributed by atoms with Gasteiger partial charge in [-0.25, -0.2) is 4.98 Å². The van der Waals surface area contributed by atoms with Crippen LogP contribution in [0.15, 0.2) is 12.7 Å². The van der Waals surface area contributed by atoms with Crippen molar-refractivity contribution < 1.29 is 14.7 Å². The van der Waals surface area contributed by atoms with E-state index in [9.17, 15) is 14.7 Å². The van der Waals surface area contributed by atoms with Crippen LogP contribution in [0.5, 0.6) is 0 Å². The zero-order valence-electron chi connectivity index (χ0n) is 13.0. The van der Waals surface area contributed by atoms with Crippen molar-refractivity contribution in [3.05, 3.63) is 12.7 Å². The van der Waals surface area contributed by atoms with Gasteiger partial charge in [0, 0.05) is 19.6 Å². The second-order valence-electron chi connectivity index (χ2n) is 7.00. The number of hydrogen-bond acceptors (Lipinski definition) is 4. The summed E-state index contributed by atoms with van der Waals surface area (Å²) in [5, 5.41) is 13.3. The Morgan fingerprint density at radius 2 is 1.95 bits per heavy atom. The van der Waals surface area contributed by atoms with E-state index in [0.29, 0.717) is 19.0 Å². The van der Waals surface area contributed by atoms with Gasteiger partial charge < -0.3 is 10.0 Å². The number of nitrogens with zero attached hydrogens (tertiary/aromatic N) is 4. The highest BCUT2D eigenvalue weighted by Crippen LogP contribution is 2.59. The van der Waals surface area contributed by atoms with Crippen LogP contribution in [-0.2, 0) is 16.1 Å². The van der Waals surface area contributed by atoms with Crippen LogP contribution >= 0.6 is 0 Å². The van der Waals surface area contributed by atoms with Gasteiger partial charge in [0.2, 0.25) is 5.91 Å². The van der Waals surface area contributed by atoms with Crippen LogP contribution in [0.4, 0.5) is 0 Å².